The van der Waals surface area contributed by atoms with Gasteiger partial charge in [-0.05, 0) is 50.5 Å². The number of aromatic nitrogens is 1. The molecule has 0 bridgehead atoms. The van der Waals surface area contributed by atoms with Gasteiger partial charge in [-0.25, -0.2) is 9.18 Å². The zero-order valence-electron chi connectivity index (χ0n) is 18.3. The maximum absolute atomic E-state index is 13.2. The van der Waals surface area contributed by atoms with Gasteiger partial charge in [0.05, 0.1) is 6.54 Å². The molecule has 1 aliphatic carbocycles. The first-order valence-corrected chi connectivity index (χ1v) is 10.8. The minimum absolute atomic E-state index is 0.242. The lowest BCUT2D eigenvalue weighted by Gasteiger charge is -2.35. The van der Waals surface area contributed by atoms with Crippen LogP contribution in [0.15, 0.2) is 30.3 Å². The summed E-state index contributed by atoms with van der Waals surface area (Å²) < 4.78 is 15.2. The van der Waals surface area contributed by atoms with E-state index in [1.165, 1.54) is 12.1 Å². The highest BCUT2D eigenvalue weighted by atomic mass is 19.1. The molecule has 2 aliphatic rings. The third kappa shape index (κ3) is 3.56. The van der Waals surface area contributed by atoms with Crippen LogP contribution < -0.4 is 0 Å². The van der Waals surface area contributed by atoms with E-state index in [4.69, 9.17) is 0 Å². The van der Waals surface area contributed by atoms with Crippen LogP contribution in [0.2, 0.25) is 0 Å². The first kappa shape index (κ1) is 21.3. The monoisotopic (exact) mass is 425 g/mol. The van der Waals surface area contributed by atoms with E-state index < -0.39 is 5.54 Å². The number of ketones is 1. The molecule has 7 heteroatoms. The fourth-order valence-corrected chi connectivity index (χ4v) is 5.00. The molecule has 1 aromatic heterocycles. The normalized spacial score (nSPS) is 18.3. The molecule has 3 amide bonds. The lowest BCUT2D eigenvalue weighted by molar-refractivity contribution is -0.134. The van der Waals surface area contributed by atoms with Crippen molar-refractivity contribution >= 4 is 17.7 Å². The van der Waals surface area contributed by atoms with Gasteiger partial charge in [-0.15, -0.1) is 0 Å². The summed E-state index contributed by atoms with van der Waals surface area (Å²) in [7, 11) is 1.67. The summed E-state index contributed by atoms with van der Waals surface area (Å²) in [5, 5.41) is 0. The Morgan fingerprint density at radius 2 is 1.71 bits per heavy atom. The fourth-order valence-electron chi connectivity index (χ4n) is 5.00. The topological polar surface area (TPSA) is 62.6 Å². The van der Waals surface area contributed by atoms with Crippen molar-refractivity contribution in [3.8, 4) is 0 Å². The number of benzene rings is 1. The maximum Gasteiger partial charge on any atom is 0.327 e. The van der Waals surface area contributed by atoms with Gasteiger partial charge in [0.2, 0.25) is 0 Å². The van der Waals surface area contributed by atoms with E-state index in [1.54, 1.807) is 30.1 Å². The molecule has 6 nitrogen and oxygen atoms in total. The summed E-state index contributed by atoms with van der Waals surface area (Å²) in [6.07, 6.45) is 4.21. The number of urea groups is 1. The molecule has 164 valence electrons. The summed E-state index contributed by atoms with van der Waals surface area (Å²) >= 11 is 0. The molecule has 0 unspecified atom stereocenters. The quantitative estimate of drug-likeness (QED) is 0.536. The zero-order valence-corrected chi connectivity index (χ0v) is 18.3. The first-order chi connectivity index (χ1) is 14.7. The Morgan fingerprint density at radius 1 is 1.06 bits per heavy atom. The third-order valence-electron chi connectivity index (χ3n) is 6.91. The number of Topliss-reactive ketones (excluding diaryl/α,β-unsaturated/α-hetero) is 1. The lowest BCUT2D eigenvalue weighted by Crippen LogP contribution is -2.49. The van der Waals surface area contributed by atoms with E-state index in [9.17, 15) is 18.8 Å². The average molecular weight is 426 g/mol. The molecule has 1 aliphatic heterocycles. The van der Waals surface area contributed by atoms with E-state index in [1.807, 2.05) is 18.4 Å². The van der Waals surface area contributed by atoms with Gasteiger partial charge in [0.25, 0.3) is 5.91 Å². The van der Waals surface area contributed by atoms with Crippen LogP contribution in [0.25, 0.3) is 0 Å². The molecule has 2 fully saturated rings. The molecule has 1 aromatic carbocycles. The summed E-state index contributed by atoms with van der Waals surface area (Å²) in [4.78, 5) is 41.8. The van der Waals surface area contributed by atoms with E-state index in [0.29, 0.717) is 24.9 Å². The highest BCUT2D eigenvalue weighted by Crippen LogP contribution is 2.39. The summed E-state index contributed by atoms with van der Waals surface area (Å²) in [5.41, 5.74) is 2.31. The van der Waals surface area contributed by atoms with Gasteiger partial charge in [-0.3, -0.25) is 14.5 Å². The first-order valence-electron chi connectivity index (χ1n) is 10.8. The van der Waals surface area contributed by atoms with Gasteiger partial charge >= 0.3 is 6.03 Å². The van der Waals surface area contributed by atoms with Crippen molar-refractivity contribution in [1.29, 1.82) is 0 Å². The molecular weight excluding hydrogens is 397 g/mol. The van der Waals surface area contributed by atoms with Gasteiger partial charge < -0.3 is 9.47 Å². The number of imide groups is 1. The van der Waals surface area contributed by atoms with Crippen LogP contribution in [0, 0.1) is 19.7 Å². The van der Waals surface area contributed by atoms with Crippen LogP contribution in [0.5, 0.6) is 0 Å². The largest absolute Gasteiger partial charge is 0.344 e. The van der Waals surface area contributed by atoms with Crippen LogP contribution in [-0.4, -0.2) is 51.2 Å². The number of halogens is 1. The molecule has 1 spiro atoms. The molecule has 2 aromatic rings. The Kier molecular flexibility index (Phi) is 5.45. The van der Waals surface area contributed by atoms with Crippen molar-refractivity contribution < 1.29 is 18.8 Å². The van der Waals surface area contributed by atoms with Gasteiger partial charge in [0.1, 0.15) is 11.4 Å². The SMILES string of the molecule is Cc1cc(C(=O)CN2C(=O)N(C)C3(CCCCC3)C2=O)c(C)n1Cc1ccc(F)cc1. The second kappa shape index (κ2) is 7.94. The number of hydrogen-bond acceptors (Lipinski definition) is 3. The number of hydrogen-bond donors (Lipinski definition) is 0. The lowest BCUT2D eigenvalue weighted by atomic mass is 9.80. The Bertz CT molecular complexity index is 1040. The molecule has 2 heterocycles. The van der Waals surface area contributed by atoms with Gasteiger partial charge in [-0.1, -0.05) is 31.4 Å². The summed E-state index contributed by atoms with van der Waals surface area (Å²) in [5.74, 6) is -0.782. The Hall–Kier alpha value is -2.96. The minimum atomic E-state index is -0.783. The number of nitrogens with zero attached hydrogens (tertiary/aromatic N) is 3. The van der Waals surface area contributed by atoms with Crippen molar-refractivity contribution in [2.24, 2.45) is 0 Å². The van der Waals surface area contributed by atoms with Gasteiger partial charge in [0.15, 0.2) is 5.78 Å². The second-order valence-corrected chi connectivity index (χ2v) is 8.75. The standard InChI is InChI=1S/C24H28FN3O3/c1-16-13-20(17(2)27(16)14-18-7-9-19(25)10-8-18)21(29)15-28-22(30)24(26(3)23(28)31)11-5-4-6-12-24/h7-10,13H,4-6,11-12,14-15H2,1-3H3. The van der Waals surface area contributed by atoms with Gasteiger partial charge in [0, 0.05) is 30.5 Å². The predicted molar refractivity (Wildman–Crippen MR) is 114 cm³/mol. The number of rotatable bonds is 5. The molecule has 0 N–H and O–H groups in total. The van der Waals surface area contributed by atoms with Crippen molar-refractivity contribution in [3.05, 3.63) is 58.7 Å². The van der Waals surface area contributed by atoms with Crippen molar-refractivity contribution in [2.45, 2.75) is 58.0 Å². The molecular formula is C24H28FN3O3. The highest BCUT2D eigenvalue weighted by molar-refractivity contribution is 6.11. The predicted octanol–water partition coefficient (Wildman–Crippen LogP) is 4.07. The number of carbonyl (C=O) groups excluding carboxylic acids is 3. The van der Waals surface area contributed by atoms with Crippen molar-refractivity contribution in [3.63, 3.8) is 0 Å². The molecule has 0 atom stereocenters. The van der Waals surface area contributed by atoms with Crippen LogP contribution >= 0.6 is 0 Å². The van der Waals surface area contributed by atoms with Crippen molar-refractivity contribution in [1.82, 2.24) is 14.4 Å². The molecule has 4 rings (SSSR count). The second-order valence-electron chi connectivity index (χ2n) is 8.75. The van der Waals surface area contributed by atoms with E-state index >= 15 is 0 Å². The van der Waals surface area contributed by atoms with E-state index in [0.717, 1.165) is 41.1 Å². The minimum Gasteiger partial charge on any atom is -0.344 e. The van der Waals surface area contributed by atoms with Crippen LogP contribution in [0.3, 0.4) is 0 Å². The zero-order chi connectivity index (χ0) is 22.3. The van der Waals surface area contributed by atoms with E-state index in [-0.39, 0.29) is 30.1 Å². The smallest absolute Gasteiger partial charge is 0.327 e. The summed E-state index contributed by atoms with van der Waals surface area (Å²) in [6, 6.07) is 7.68. The van der Waals surface area contributed by atoms with Crippen LogP contribution in [0.4, 0.5) is 9.18 Å². The maximum atomic E-state index is 13.2. The molecule has 1 saturated carbocycles. The van der Waals surface area contributed by atoms with Crippen LogP contribution in [-0.2, 0) is 11.3 Å². The highest BCUT2D eigenvalue weighted by Gasteiger charge is 2.55. The average Bonchev–Trinajstić information content (AvgIpc) is 3.13. The number of carbonyl (C=O) groups is 3. The molecule has 31 heavy (non-hydrogen) atoms. The number of likely N-dealkylation sites (N-methyl/N-ethyl adjacent to an activating group) is 1. The van der Waals surface area contributed by atoms with Gasteiger partial charge in [-0.2, -0.15) is 0 Å². The third-order valence-corrected chi connectivity index (χ3v) is 6.91. The Morgan fingerprint density at radius 3 is 2.35 bits per heavy atom. The Balaban J connectivity index is 1.54. The summed E-state index contributed by atoms with van der Waals surface area (Å²) in [6.45, 7) is 4.03. The van der Waals surface area contributed by atoms with Crippen molar-refractivity contribution in [2.75, 3.05) is 13.6 Å². The number of aryl methyl sites for hydroxylation is 1. The van der Waals surface area contributed by atoms with E-state index in [2.05, 4.69) is 0 Å². The number of amides is 3. The molecule has 1 saturated heterocycles. The molecule has 0 radical (unpaired) electrons. The fraction of sp³-hybridized carbons (Fsp3) is 0.458. The van der Waals surface area contributed by atoms with Crippen LogP contribution in [0.1, 0.15) is 59.4 Å². The Labute approximate surface area is 181 Å².